The van der Waals surface area contributed by atoms with Crippen molar-refractivity contribution in [2.75, 3.05) is 41.5 Å². The summed E-state index contributed by atoms with van der Waals surface area (Å²) in [4.78, 5) is 14.6. The quantitative estimate of drug-likeness (QED) is 0.494. The van der Waals surface area contributed by atoms with E-state index in [2.05, 4.69) is 37.9 Å². The van der Waals surface area contributed by atoms with Crippen molar-refractivity contribution in [2.45, 2.75) is 17.2 Å². The number of aromatic nitrogens is 2. The van der Waals surface area contributed by atoms with Gasteiger partial charge in [0.2, 0.25) is 11.0 Å². The predicted octanol–water partition coefficient (Wildman–Crippen LogP) is 4.62. The Kier molecular flexibility index (Phi) is 6.70. The van der Waals surface area contributed by atoms with E-state index >= 15 is 0 Å². The van der Waals surface area contributed by atoms with Gasteiger partial charge in [0.15, 0.2) is 4.34 Å². The number of carbonyl (C=O) groups excluding carboxylic acids is 1. The van der Waals surface area contributed by atoms with Crippen LogP contribution in [0.25, 0.3) is 0 Å². The highest BCUT2D eigenvalue weighted by atomic mass is 32.2. The molecule has 1 fully saturated rings. The maximum absolute atomic E-state index is 12.3. The fraction of sp³-hybridized carbons (Fsp3) is 0.286. The normalized spacial score (nSPS) is 13.3. The standard InChI is InChI=1S/C21H23N5O2S2/c1-28-18-10-6-16(7-11-18)23-20-24-25-21(30-20)29-14-19(27)22-15-4-8-17(9-5-15)26-12-2-3-13-26/h4-11H,2-3,12-14H2,1H3,(H,22,27)(H,23,24). The van der Waals surface area contributed by atoms with Crippen LogP contribution < -0.4 is 20.3 Å². The van der Waals surface area contributed by atoms with Crippen LogP contribution in [0.2, 0.25) is 0 Å². The monoisotopic (exact) mass is 441 g/mol. The van der Waals surface area contributed by atoms with E-state index in [4.69, 9.17) is 4.74 Å². The van der Waals surface area contributed by atoms with E-state index in [0.29, 0.717) is 5.13 Å². The van der Waals surface area contributed by atoms with Gasteiger partial charge in [0, 0.05) is 30.2 Å². The largest absolute Gasteiger partial charge is 0.497 e. The molecule has 0 aliphatic carbocycles. The van der Waals surface area contributed by atoms with Crippen LogP contribution in [0.4, 0.5) is 22.2 Å². The van der Waals surface area contributed by atoms with E-state index in [9.17, 15) is 4.79 Å². The summed E-state index contributed by atoms with van der Waals surface area (Å²) in [7, 11) is 1.64. The van der Waals surface area contributed by atoms with E-state index in [-0.39, 0.29) is 11.7 Å². The van der Waals surface area contributed by atoms with Crippen LogP contribution in [-0.2, 0) is 4.79 Å². The van der Waals surface area contributed by atoms with Crippen molar-refractivity contribution in [1.29, 1.82) is 0 Å². The van der Waals surface area contributed by atoms with Gasteiger partial charge in [0.05, 0.1) is 12.9 Å². The first-order valence-electron chi connectivity index (χ1n) is 9.72. The molecule has 1 amide bonds. The summed E-state index contributed by atoms with van der Waals surface area (Å²) in [6, 6.07) is 15.6. The number of methoxy groups -OCH3 is 1. The van der Waals surface area contributed by atoms with Gasteiger partial charge in [0.1, 0.15) is 5.75 Å². The van der Waals surface area contributed by atoms with Crippen molar-refractivity contribution in [3.8, 4) is 5.75 Å². The Balaban J connectivity index is 1.24. The average Bonchev–Trinajstić information content (AvgIpc) is 3.46. The van der Waals surface area contributed by atoms with Crippen LogP contribution in [0.5, 0.6) is 5.75 Å². The zero-order chi connectivity index (χ0) is 20.8. The highest BCUT2D eigenvalue weighted by Crippen LogP contribution is 2.28. The molecule has 1 saturated heterocycles. The van der Waals surface area contributed by atoms with Crippen LogP contribution in [-0.4, -0.2) is 42.1 Å². The Labute approximate surface area is 183 Å². The van der Waals surface area contributed by atoms with E-state index in [1.807, 2.05) is 36.4 Å². The molecule has 0 atom stereocenters. The predicted molar refractivity (Wildman–Crippen MR) is 123 cm³/mol. The topological polar surface area (TPSA) is 79.4 Å². The number of nitrogens with one attached hydrogen (secondary N) is 2. The van der Waals surface area contributed by atoms with Crippen molar-refractivity contribution in [3.05, 3.63) is 48.5 Å². The molecule has 2 heterocycles. The molecule has 2 aromatic carbocycles. The van der Waals surface area contributed by atoms with Crippen molar-refractivity contribution in [3.63, 3.8) is 0 Å². The number of ether oxygens (including phenoxy) is 1. The van der Waals surface area contributed by atoms with E-state index in [1.165, 1.54) is 41.6 Å². The molecule has 1 aromatic heterocycles. The summed E-state index contributed by atoms with van der Waals surface area (Å²) < 4.78 is 5.89. The van der Waals surface area contributed by atoms with Gasteiger partial charge < -0.3 is 20.3 Å². The first-order chi connectivity index (χ1) is 14.7. The van der Waals surface area contributed by atoms with Crippen molar-refractivity contribution >= 4 is 51.2 Å². The van der Waals surface area contributed by atoms with Crippen LogP contribution in [0.1, 0.15) is 12.8 Å². The second-order valence-corrected chi connectivity index (χ2v) is 9.00. The minimum atomic E-state index is -0.0613. The second-order valence-electron chi connectivity index (χ2n) is 6.80. The second kappa shape index (κ2) is 9.82. The molecule has 3 aromatic rings. The summed E-state index contributed by atoms with van der Waals surface area (Å²) in [6.45, 7) is 2.22. The van der Waals surface area contributed by atoms with Crippen molar-refractivity contribution in [1.82, 2.24) is 10.2 Å². The number of rotatable bonds is 8. The summed E-state index contributed by atoms with van der Waals surface area (Å²) in [6.07, 6.45) is 2.50. The number of benzene rings is 2. The number of hydrogen-bond donors (Lipinski definition) is 2. The molecule has 0 saturated carbocycles. The number of hydrogen-bond acceptors (Lipinski definition) is 8. The van der Waals surface area contributed by atoms with E-state index < -0.39 is 0 Å². The molecule has 4 rings (SSSR count). The van der Waals surface area contributed by atoms with Gasteiger partial charge in [-0.05, 0) is 61.4 Å². The first-order valence-corrected chi connectivity index (χ1v) is 11.5. The summed E-state index contributed by atoms with van der Waals surface area (Å²) in [5.41, 5.74) is 2.92. The van der Waals surface area contributed by atoms with Gasteiger partial charge in [-0.2, -0.15) is 0 Å². The average molecular weight is 442 g/mol. The molecule has 7 nitrogen and oxygen atoms in total. The Morgan fingerprint density at radius 3 is 2.47 bits per heavy atom. The van der Waals surface area contributed by atoms with Gasteiger partial charge in [-0.15, -0.1) is 10.2 Å². The third-order valence-electron chi connectivity index (χ3n) is 4.70. The van der Waals surface area contributed by atoms with E-state index in [0.717, 1.165) is 34.6 Å². The lowest BCUT2D eigenvalue weighted by Gasteiger charge is -2.17. The lowest BCUT2D eigenvalue weighted by Crippen LogP contribution is -2.18. The zero-order valence-corrected chi connectivity index (χ0v) is 18.3. The summed E-state index contributed by atoms with van der Waals surface area (Å²) in [5, 5.41) is 15.1. The minimum absolute atomic E-state index is 0.0613. The van der Waals surface area contributed by atoms with Crippen LogP contribution >= 0.6 is 23.1 Å². The molecule has 9 heteroatoms. The van der Waals surface area contributed by atoms with Crippen LogP contribution in [0.15, 0.2) is 52.9 Å². The number of amides is 1. The molecule has 2 N–H and O–H groups in total. The molecular formula is C21H23N5O2S2. The van der Waals surface area contributed by atoms with Gasteiger partial charge in [-0.25, -0.2) is 0 Å². The number of carbonyl (C=O) groups is 1. The summed E-state index contributed by atoms with van der Waals surface area (Å²) >= 11 is 2.79. The van der Waals surface area contributed by atoms with Crippen LogP contribution in [0.3, 0.4) is 0 Å². The van der Waals surface area contributed by atoms with E-state index in [1.54, 1.807) is 7.11 Å². The van der Waals surface area contributed by atoms with Gasteiger partial charge in [0.25, 0.3) is 0 Å². The van der Waals surface area contributed by atoms with Gasteiger partial charge in [-0.3, -0.25) is 4.79 Å². The first kappa shape index (κ1) is 20.5. The molecule has 0 spiro atoms. The molecular weight excluding hydrogens is 418 g/mol. The number of anilines is 4. The molecule has 1 aliphatic heterocycles. The van der Waals surface area contributed by atoms with Crippen molar-refractivity contribution < 1.29 is 9.53 Å². The minimum Gasteiger partial charge on any atom is -0.497 e. The smallest absolute Gasteiger partial charge is 0.234 e. The Hall–Kier alpha value is -2.78. The lowest BCUT2D eigenvalue weighted by molar-refractivity contribution is -0.113. The fourth-order valence-electron chi connectivity index (χ4n) is 3.17. The highest BCUT2D eigenvalue weighted by molar-refractivity contribution is 8.01. The fourth-order valence-corrected chi connectivity index (χ4v) is 4.74. The molecule has 0 unspecified atom stereocenters. The van der Waals surface area contributed by atoms with Gasteiger partial charge in [-0.1, -0.05) is 23.1 Å². The lowest BCUT2D eigenvalue weighted by atomic mass is 10.2. The summed E-state index contributed by atoms with van der Waals surface area (Å²) in [5.74, 6) is 1.02. The molecule has 0 radical (unpaired) electrons. The SMILES string of the molecule is COc1ccc(Nc2nnc(SCC(=O)Nc3ccc(N4CCCC4)cc3)s2)cc1. The van der Waals surface area contributed by atoms with Gasteiger partial charge >= 0.3 is 0 Å². The highest BCUT2D eigenvalue weighted by Gasteiger charge is 2.13. The number of thioether (sulfide) groups is 1. The molecule has 30 heavy (non-hydrogen) atoms. The maximum atomic E-state index is 12.3. The molecule has 156 valence electrons. The third kappa shape index (κ3) is 5.43. The Morgan fingerprint density at radius 2 is 1.77 bits per heavy atom. The Bertz CT molecular complexity index is 970. The third-order valence-corrected chi connectivity index (χ3v) is 6.67. The maximum Gasteiger partial charge on any atom is 0.234 e. The van der Waals surface area contributed by atoms with Crippen LogP contribution in [0, 0.1) is 0 Å². The van der Waals surface area contributed by atoms with Crippen molar-refractivity contribution in [2.24, 2.45) is 0 Å². The zero-order valence-electron chi connectivity index (χ0n) is 16.6. The molecule has 0 bridgehead atoms. The molecule has 1 aliphatic rings. The number of nitrogens with zero attached hydrogens (tertiary/aromatic N) is 3. The Morgan fingerprint density at radius 1 is 1.07 bits per heavy atom.